The van der Waals surface area contributed by atoms with E-state index in [4.69, 9.17) is 0 Å². The van der Waals surface area contributed by atoms with Crippen LogP contribution in [-0.4, -0.2) is 23.6 Å². The largest absolute Gasteiger partial charge is 0.312 e. The van der Waals surface area contributed by atoms with Gasteiger partial charge in [-0.25, -0.2) is 4.98 Å². The molecule has 1 aromatic heterocycles. The number of nitrogens with one attached hydrogen (secondary N) is 2. The lowest BCUT2D eigenvalue weighted by molar-refractivity contribution is 0.418. The Labute approximate surface area is 109 Å². The van der Waals surface area contributed by atoms with E-state index < -0.39 is 0 Å². The smallest absolute Gasteiger partial charge is 0.0900 e. The summed E-state index contributed by atoms with van der Waals surface area (Å²) in [6, 6.07) is 0. The number of aromatic nitrogens is 1. The first-order valence-corrected chi connectivity index (χ1v) is 7.09. The van der Waals surface area contributed by atoms with E-state index in [0.29, 0.717) is 0 Å². The summed E-state index contributed by atoms with van der Waals surface area (Å²) in [6.45, 7) is 13.8. The van der Waals surface area contributed by atoms with E-state index in [9.17, 15) is 0 Å². The number of hydrogen-bond acceptors (Lipinski definition) is 4. The molecule has 0 aromatic carbocycles. The van der Waals surface area contributed by atoms with Crippen LogP contribution >= 0.6 is 11.3 Å². The predicted molar refractivity (Wildman–Crippen MR) is 75.7 cm³/mol. The normalized spacial score (nSPS) is 12.1. The van der Waals surface area contributed by atoms with Crippen LogP contribution in [0.15, 0.2) is 0 Å². The highest BCUT2D eigenvalue weighted by Gasteiger charge is 2.07. The van der Waals surface area contributed by atoms with Gasteiger partial charge in [0, 0.05) is 17.0 Å². The number of nitrogens with zero attached hydrogens (tertiary/aromatic N) is 1. The van der Waals surface area contributed by atoms with Gasteiger partial charge in [-0.1, -0.05) is 0 Å². The van der Waals surface area contributed by atoms with Crippen molar-refractivity contribution >= 4 is 11.3 Å². The van der Waals surface area contributed by atoms with Crippen LogP contribution in [0, 0.1) is 13.8 Å². The van der Waals surface area contributed by atoms with E-state index in [0.717, 1.165) is 31.1 Å². The summed E-state index contributed by atoms with van der Waals surface area (Å²) in [6.07, 6.45) is 1.16. The Balaban J connectivity index is 2.11. The van der Waals surface area contributed by atoms with Crippen LogP contribution in [0.4, 0.5) is 0 Å². The standard InChI is InChI=1S/C13H25N3S/c1-10-12(17-11(2)16-10)9-14-7-6-8-15-13(3,4)5/h14-15H,6-9H2,1-5H3. The summed E-state index contributed by atoms with van der Waals surface area (Å²) in [5.74, 6) is 0. The van der Waals surface area contributed by atoms with Crippen molar-refractivity contribution in [3.05, 3.63) is 15.6 Å². The zero-order valence-electron chi connectivity index (χ0n) is 11.7. The van der Waals surface area contributed by atoms with E-state index in [-0.39, 0.29) is 5.54 Å². The van der Waals surface area contributed by atoms with Crippen LogP contribution in [0.3, 0.4) is 0 Å². The van der Waals surface area contributed by atoms with Crippen LogP contribution in [0.5, 0.6) is 0 Å². The van der Waals surface area contributed by atoms with Gasteiger partial charge in [0.15, 0.2) is 0 Å². The van der Waals surface area contributed by atoms with Gasteiger partial charge in [-0.3, -0.25) is 0 Å². The second-order valence-corrected chi connectivity index (χ2v) is 6.74. The minimum Gasteiger partial charge on any atom is -0.312 e. The lowest BCUT2D eigenvalue weighted by Gasteiger charge is -2.20. The fourth-order valence-electron chi connectivity index (χ4n) is 1.62. The van der Waals surface area contributed by atoms with E-state index in [1.165, 1.54) is 10.6 Å². The lowest BCUT2D eigenvalue weighted by atomic mass is 10.1. The highest BCUT2D eigenvalue weighted by Crippen LogP contribution is 2.16. The van der Waals surface area contributed by atoms with Gasteiger partial charge in [0.25, 0.3) is 0 Å². The molecular weight excluding hydrogens is 230 g/mol. The molecule has 4 heteroatoms. The van der Waals surface area contributed by atoms with Crippen molar-refractivity contribution in [3.63, 3.8) is 0 Å². The van der Waals surface area contributed by atoms with Crippen LogP contribution in [-0.2, 0) is 6.54 Å². The summed E-state index contributed by atoms with van der Waals surface area (Å²) >= 11 is 1.79. The zero-order chi connectivity index (χ0) is 12.9. The predicted octanol–water partition coefficient (Wildman–Crippen LogP) is 2.63. The molecule has 2 N–H and O–H groups in total. The maximum absolute atomic E-state index is 4.42. The summed E-state index contributed by atoms with van der Waals surface area (Å²) in [5, 5.41) is 8.12. The minimum absolute atomic E-state index is 0.228. The van der Waals surface area contributed by atoms with Gasteiger partial charge in [0.2, 0.25) is 0 Å². The fraction of sp³-hybridized carbons (Fsp3) is 0.769. The minimum atomic E-state index is 0.228. The number of hydrogen-bond donors (Lipinski definition) is 2. The molecule has 0 aliphatic carbocycles. The monoisotopic (exact) mass is 255 g/mol. The van der Waals surface area contributed by atoms with Gasteiger partial charge in [-0.2, -0.15) is 0 Å². The molecule has 0 unspecified atom stereocenters. The molecule has 1 rings (SSSR count). The Bertz CT molecular complexity index is 339. The second kappa shape index (κ2) is 6.47. The number of thiazole rings is 1. The van der Waals surface area contributed by atoms with Crippen molar-refractivity contribution < 1.29 is 0 Å². The number of rotatable bonds is 6. The third-order valence-electron chi connectivity index (χ3n) is 2.47. The molecule has 1 aromatic rings. The van der Waals surface area contributed by atoms with Gasteiger partial charge < -0.3 is 10.6 Å². The first kappa shape index (κ1) is 14.6. The highest BCUT2D eigenvalue weighted by molar-refractivity contribution is 7.11. The average molecular weight is 255 g/mol. The first-order chi connectivity index (χ1) is 7.88. The molecule has 0 aliphatic heterocycles. The Kier molecular flexibility index (Phi) is 5.56. The molecule has 0 amide bonds. The fourth-order valence-corrected chi connectivity index (χ4v) is 2.52. The van der Waals surface area contributed by atoms with Crippen LogP contribution in [0.1, 0.15) is 42.8 Å². The van der Waals surface area contributed by atoms with Crippen molar-refractivity contribution in [1.82, 2.24) is 15.6 Å². The molecule has 0 spiro atoms. The highest BCUT2D eigenvalue weighted by atomic mass is 32.1. The Morgan fingerprint density at radius 2 is 1.88 bits per heavy atom. The third kappa shape index (κ3) is 6.15. The summed E-state index contributed by atoms with van der Waals surface area (Å²) in [7, 11) is 0. The van der Waals surface area contributed by atoms with E-state index >= 15 is 0 Å². The molecule has 1 heterocycles. The van der Waals surface area contributed by atoms with Crippen molar-refractivity contribution in [1.29, 1.82) is 0 Å². The van der Waals surface area contributed by atoms with Gasteiger partial charge in [0.1, 0.15) is 0 Å². The molecule has 17 heavy (non-hydrogen) atoms. The molecule has 0 fully saturated rings. The molecule has 0 atom stereocenters. The lowest BCUT2D eigenvalue weighted by Crippen LogP contribution is -2.37. The third-order valence-corrected chi connectivity index (χ3v) is 3.54. The second-order valence-electron chi connectivity index (χ2n) is 5.45. The molecule has 0 saturated carbocycles. The molecular formula is C13H25N3S. The molecule has 3 nitrogen and oxygen atoms in total. The Hall–Kier alpha value is -0.450. The van der Waals surface area contributed by atoms with E-state index in [1.807, 2.05) is 0 Å². The molecule has 0 bridgehead atoms. The SMILES string of the molecule is Cc1nc(C)c(CNCCCNC(C)(C)C)s1. The van der Waals surface area contributed by atoms with Crippen molar-refractivity contribution in [2.75, 3.05) is 13.1 Å². The topological polar surface area (TPSA) is 37.0 Å². The summed E-state index contributed by atoms with van der Waals surface area (Å²) < 4.78 is 0. The van der Waals surface area contributed by atoms with Crippen LogP contribution < -0.4 is 10.6 Å². The first-order valence-electron chi connectivity index (χ1n) is 6.27. The Morgan fingerprint density at radius 3 is 2.41 bits per heavy atom. The average Bonchev–Trinajstić information content (AvgIpc) is 2.49. The molecule has 98 valence electrons. The maximum Gasteiger partial charge on any atom is 0.0900 e. The molecule has 0 saturated heterocycles. The number of aryl methyl sites for hydroxylation is 2. The van der Waals surface area contributed by atoms with Crippen LogP contribution in [0.25, 0.3) is 0 Å². The van der Waals surface area contributed by atoms with E-state index in [1.54, 1.807) is 11.3 Å². The quantitative estimate of drug-likeness (QED) is 0.767. The van der Waals surface area contributed by atoms with Crippen molar-refractivity contribution in [2.45, 2.75) is 53.1 Å². The van der Waals surface area contributed by atoms with Gasteiger partial charge in [-0.15, -0.1) is 11.3 Å². The van der Waals surface area contributed by atoms with Crippen LogP contribution in [0.2, 0.25) is 0 Å². The maximum atomic E-state index is 4.42. The summed E-state index contributed by atoms with van der Waals surface area (Å²) in [4.78, 5) is 5.79. The molecule has 0 radical (unpaired) electrons. The van der Waals surface area contributed by atoms with Crippen molar-refractivity contribution in [2.24, 2.45) is 0 Å². The van der Waals surface area contributed by atoms with Crippen molar-refractivity contribution in [3.8, 4) is 0 Å². The van der Waals surface area contributed by atoms with Gasteiger partial charge >= 0.3 is 0 Å². The van der Waals surface area contributed by atoms with Gasteiger partial charge in [0.05, 0.1) is 10.7 Å². The van der Waals surface area contributed by atoms with E-state index in [2.05, 4.69) is 50.2 Å². The summed E-state index contributed by atoms with van der Waals surface area (Å²) in [5.41, 5.74) is 1.40. The Morgan fingerprint density at radius 1 is 1.18 bits per heavy atom. The zero-order valence-corrected chi connectivity index (χ0v) is 12.5. The molecule has 0 aliphatic rings. The van der Waals surface area contributed by atoms with Gasteiger partial charge in [-0.05, 0) is 54.1 Å².